The second-order valence-corrected chi connectivity index (χ2v) is 19.7. The average molecular weight is 822 g/mol. The summed E-state index contributed by atoms with van der Waals surface area (Å²) in [6, 6.07) is 75.2. The van der Waals surface area contributed by atoms with Crippen molar-refractivity contribution in [2.24, 2.45) is 0 Å². The molecule has 0 N–H and O–H groups in total. The van der Waals surface area contributed by atoms with Crippen LogP contribution in [-0.4, -0.2) is 0 Å². The standard InChI is InChI=1S/C63H51N/c1-61(2)53-26-10-7-21-49(53)52-39-41(33-36-56(52)61)40-31-34-44(35-32-40)64(45-19-13-17-42(37-45)47-24-15-29-57-59(47)50-22-8-11-27-54(50)62(57,3)4)46-20-14-18-43(38-46)48-25-16-30-58-60(48)51-23-9-12-28-55(51)63(58,5)6/h7-39H,1-6H3. The van der Waals surface area contributed by atoms with E-state index in [1.807, 2.05) is 0 Å². The van der Waals surface area contributed by atoms with Crippen LogP contribution in [0.5, 0.6) is 0 Å². The van der Waals surface area contributed by atoms with Crippen LogP contribution in [0.4, 0.5) is 17.1 Å². The van der Waals surface area contributed by atoms with Crippen LogP contribution in [0.25, 0.3) is 66.8 Å². The number of anilines is 3. The zero-order valence-electron chi connectivity index (χ0n) is 37.5. The summed E-state index contributed by atoms with van der Waals surface area (Å²) >= 11 is 0. The van der Waals surface area contributed by atoms with Crippen LogP contribution in [0.2, 0.25) is 0 Å². The van der Waals surface area contributed by atoms with Gasteiger partial charge in [0.15, 0.2) is 0 Å². The third-order valence-electron chi connectivity index (χ3n) is 15.1. The van der Waals surface area contributed by atoms with E-state index in [0.29, 0.717) is 0 Å². The lowest BCUT2D eigenvalue weighted by atomic mass is 9.82. The summed E-state index contributed by atoms with van der Waals surface area (Å²) in [6.45, 7) is 14.1. The predicted molar refractivity (Wildman–Crippen MR) is 270 cm³/mol. The Bertz CT molecular complexity index is 3210. The van der Waals surface area contributed by atoms with Crippen LogP contribution in [0.15, 0.2) is 200 Å². The lowest BCUT2D eigenvalue weighted by Crippen LogP contribution is -2.14. The fourth-order valence-corrected chi connectivity index (χ4v) is 11.8. The van der Waals surface area contributed by atoms with E-state index in [9.17, 15) is 0 Å². The Labute approximate surface area is 378 Å². The molecule has 308 valence electrons. The Balaban J connectivity index is 1.00. The summed E-state index contributed by atoms with van der Waals surface area (Å²) in [6.07, 6.45) is 0. The van der Waals surface area contributed by atoms with E-state index < -0.39 is 0 Å². The number of fused-ring (bicyclic) bond motifs is 9. The average Bonchev–Trinajstić information content (AvgIpc) is 3.82. The molecule has 0 unspecified atom stereocenters. The fraction of sp³-hybridized carbons (Fsp3) is 0.143. The van der Waals surface area contributed by atoms with Crippen molar-refractivity contribution in [1.82, 2.24) is 0 Å². The fourth-order valence-electron chi connectivity index (χ4n) is 11.8. The van der Waals surface area contributed by atoms with Crippen LogP contribution < -0.4 is 4.90 Å². The molecule has 0 fully saturated rings. The third kappa shape index (κ3) is 5.56. The first kappa shape index (κ1) is 38.5. The van der Waals surface area contributed by atoms with Gasteiger partial charge in [-0.1, -0.05) is 199 Å². The van der Waals surface area contributed by atoms with E-state index in [0.717, 1.165) is 17.1 Å². The van der Waals surface area contributed by atoms with Gasteiger partial charge in [-0.3, -0.25) is 0 Å². The molecule has 0 bridgehead atoms. The summed E-state index contributed by atoms with van der Waals surface area (Å²) in [4.78, 5) is 2.44. The molecule has 64 heavy (non-hydrogen) atoms. The largest absolute Gasteiger partial charge is 0.310 e. The van der Waals surface area contributed by atoms with Crippen LogP contribution in [-0.2, 0) is 16.2 Å². The number of rotatable bonds is 6. The Kier molecular flexibility index (Phi) is 8.35. The predicted octanol–water partition coefficient (Wildman–Crippen LogP) is 17.1. The minimum atomic E-state index is -0.0699. The van der Waals surface area contributed by atoms with Gasteiger partial charge in [-0.2, -0.15) is 0 Å². The van der Waals surface area contributed by atoms with Crippen molar-refractivity contribution >= 4 is 17.1 Å². The van der Waals surface area contributed by atoms with Gasteiger partial charge >= 0.3 is 0 Å². The van der Waals surface area contributed by atoms with Crippen LogP contribution >= 0.6 is 0 Å². The SMILES string of the molecule is CC1(C)c2ccccc2-c2cc(-c3ccc(N(c4cccc(-c5cccc6c5-c5ccccc5C6(C)C)c4)c4cccc(-c5cccc6c5-c5ccccc5C6(C)C)c4)cc3)ccc21. The van der Waals surface area contributed by atoms with E-state index in [-0.39, 0.29) is 16.2 Å². The van der Waals surface area contributed by atoms with Crippen molar-refractivity contribution in [3.63, 3.8) is 0 Å². The highest BCUT2D eigenvalue weighted by molar-refractivity contribution is 5.96. The third-order valence-corrected chi connectivity index (χ3v) is 15.1. The molecule has 1 nitrogen and oxygen atoms in total. The molecule has 1 heteroatoms. The second kappa shape index (κ2) is 13.9. The number of hydrogen-bond donors (Lipinski definition) is 0. The highest BCUT2D eigenvalue weighted by Crippen LogP contribution is 2.55. The van der Waals surface area contributed by atoms with Gasteiger partial charge in [0.05, 0.1) is 0 Å². The maximum atomic E-state index is 2.44. The normalized spacial score (nSPS) is 15.1. The number of benzene rings is 9. The van der Waals surface area contributed by atoms with Gasteiger partial charge < -0.3 is 4.90 Å². The molecule has 0 amide bonds. The first-order valence-corrected chi connectivity index (χ1v) is 22.8. The molecule has 0 saturated heterocycles. The van der Waals surface area contributed by atoms with E-state index in [2.05, 4.69) is 247 Å². The Morgan fingerprint density at radius 2 is 0.641 bits per heavy atom. The smallest absolute Gasteiger partial charge is 0.0467 e. The van der Waals surface area contributed by atoms with Gasteiger partial charge in [0.1, 0.15) is 0 Å². The van der Waals surface area contributed by atoms with Crippen LogP contribution in [0.3, 0.4) is 0 Å². The summed E-state index contributed by atoms with van der Waals surface area (Å²) in [5, 5.41) is 0. The monoisotopic (exact) mass is 821 g/mol. The van der Waals surface area contributed by atoms with Gasteiger partial charge in [-0.05, 0) is 143 Å². The molecule has 0 saturated carbocycles. The highest BCUT2D eigenvalue weighted by Gasteiger charge is 2.38. The van der Waals surface area contributed by atoms with Crippen LogP contribution in [0.1, 0.15) is 74.9 Å². The Morgan fingerprint density at radius 1 is 0.250 bits per heavy atom. The lowest BCUT2D eigenvalue weighted by molar-refractivity contribution is 0.660. The van der Waals surface area contributed by atoms with Crippen molar-refractivity contribution in [3.8, 4) is 66.8 Å². The van der Waals surface area contributed by atoms with Gasteiger partial charge in [-0.15, -0.1) is 0 Å². The van der Waals surface area contributed by atoms with Crippen LogP contribution in [0, 0.1) is 0 Å². The molecule has 0 radical (unpaired) electrons. The summed E-state index contributed by atoms with van der Waals surface area (Å²) in [7, 11) is 0. The second-order valence-electron chi connectivity index (χ2n) is 19.7. The molecule has 3 aliphatic rings. The maximum absolute atomic E-state index is 2.44. The number of hydrogen-bond acceptors (Lipinski definition) is 1. The van der Waals surface area contributed by atoms with Gasteiger partial charge in [0.25, 0.3) is 0 Å². The van der Waals surface area contributed by atoms with Crippen molar-refractivity contribution < 1.29 is 0 Å². The zero-order chi connectivity index (χ0) is 43.5. The van der Waals surface area contributed by atoms with Gasteiger partial charge in [-0.25, -0.2) is 0 Å². The molecule has 0 aromatic heterocycles. The maximum Gasteiger partial charge on any atom is 0.0467 e. The van der Waals surface area contributed by atoms with E-state index in [1.165, 1.54) is 100 Å². The highest BCUT2D eigenvalue weighted by atomic mass is 15.1. The van der Waals surface area contributed by atoms with Crippen molar-refractivity contribution in [2.75, 3.05) is 4.90 Å². The summed E-state index contributed by atoms with van der Waals surface area (Å²) < 4.78 is 0. The number of nitrogens with zero attached hydrogens (tertiary/aromatic N) is 1. The molecule has 0 heterocycles. The first-order chi connectivity index (χ1) is 31.0. The molecule has 3 aliphatic carbocycles. The topological polar surface area (TPSA) is 3.24 Å². The van der Waals surface area contributed by atoms with Gasteiger partial charge in [0.2, 0.25) is 0 Å². The molecule has 9 aromatic rings. The Hall–Kier alpha value is -7.22. The quantitative estimate of drug-likeness (QED) is 0.161. The van der Waals surface area contributed by atoms with Gasteiger partial charge in [0, 0.05) is 33.3 Å². The minimum absolute atomic E-state index is 0.0171. The van der Waals surface area contributed by atoms with Crippen molar-refractivity contribution in [1.29, 1.82) is 0 Å². The van der Waals surface area contributed by atoms with E-state index in [4.69, 9.17) is 0 Å². The molecule has 0 atom stereocenters. The first-order valence-electron chi connectivity index (χ1n) is 22.8. The van der Waals surface area contributed by atoms with E-state index in [1.54, 1.807) is 0 Å². The van der Waals surface area contributed by atoms with Crippen molar-refractivity contribution in [2.45, 2.75) is 57.8 Å². The zero-order valence-corrected chi connectivity index (χ0v) is 37.5. The molecule has 0 spiro atoms. The molecule has 0 aliphatic heterocycles. The van der Waals surface area contributed by atoms with Crippen molar-refractivity contribution in [3.05, 3.63) is 234 Å². The molecular weight excluding hydrogens is 771 g/mol. The molecule has 9 aromatic carbocycles. The lowest BCUT2D eigenvalue weighted by Gasteiger charge is -2.27. The Morgan fingerprint density at radius 3 is 1.17 bits per heavy atom. The van der Waals surface area contributed by atoms with E-state index >= 15 is 0 Å². The summed E-state index contributed by atoms with van der Waals surface area (Å²) in [5.74, 6) is 0. The summed E-state index contributed by atoms with van der Waals surface area (Å²) in [5.41, 5.74) is 27.0. The minimum Gasteiger partial charge on any atom is -0.310 e. The molecule has 12 rings (SSSR count). The molecular formula is C63H51N.